The first-order chi connectivity index (χ1) is 19.7. The van der Waals surface area contributed by atoms with Crippen molar-refractivity contribution in [2.75, 3.05) is 0 Å². The molecule has 1 heterocycles. The number of hydrogen-bond donors (Lipinski definition) is 1. The van der Waals surface area contributed by atoms with Crippen LogP contribution in [0.4, 0.5) is 0 Å². The summed E-state index contributed by atoms with van der Waals surface area (Å²) in [5.74, 6) is -0.318. The van der Waals surface area contributed by atoms with E-state index in [2.05, 4.69) is 46.9 Å². The number of carbonyl (C=O) groups excluding carboxylic acids is 1. The molecule has 6 rings (SSSR count). The lowest BCUT2D eigenvalue weighted by molar-refractivity contribution is -0.645. The van der Waals surface area contributed by atoms with Crippen LogP contribution in [0.5, 0.6) is 0 Å². The van der Waals surface area contributed by atoms with E-state index in [1.807, 2.05) is 84.9 Å². The molecule has 6 aromatic rings. The average Bonchev–Trinajstić information content (AvgIpc) is 3.37. The first-order valence-electron chi connectivity index (χ1n) is 13.3. The molecule has 0 saturated carbocycles. The molecular weight excluding hydrogens is 496 g/mol. The molecule has 0 radical (unpaired) electrons. The zero-order chi connectivity index (χ0) is 27.4. The van der Waals surface area contributed by atoms with E-state index in [1.54, 1.807) is 24.3 Å². The van der Waals surface area contributed by atoms with Gasteiger partial charge in [-0.2, -0.15) is 0 Å². The molecule has 0 aliphatic carbocycles. The standard InChI is InChI=1S/C34H28N4O2/c39-33(37-31-23-13-14-24-32(31)38(40)36-37)30(25-26-15-5-1-6-16-26)35-34(27-17-7-2-8-18-27,28-19-9-3-10-20-28)29-21-11-4-12-22-29/h1-24,30,35H,25H2/t30-/m0/s1. The van der Waals surface area contributed by atoms with Crippen LogP contribution in [0, 0.1) is 5.21 Å². The maximum absolute atomic E-state index is 14.4. The quantitative estimate of drug-likeness (QED) is 0.162. The predicted molar refractivity (Wildman–Crippen MR) is 156 cm³/mol. The molecule has 0 aliphatic heterocycles. The molecule has 0 bridgehead atoms. The van der Waals surface area contributed by atoms with Crippen LogP contribution in [-0.2, 0) is 12.0 Å². The molecule has 1 aromatic heterocycles. The highest BCUT2D eigenvalue weighted by molar-refractivity contribution is 5.91. The molecule has 1 N–H and O–H groups in total. The fourth-order valence-corrected chi connectivity index (χ4v) is 5.42. The number of fused-ring (bicyclic) bond motifs is 1. The summed E-state index contributed by atoms with van der Waals surface area (Å²) in [4.78, 5) is 14.9. The van der Waals surface area contributed by atoms with Crippen LogP contribution in [0.3, 0.4) is 0 Å². The van der Waals surface area contributed by atoms with E-state index in [0.717, 1.165) is 22.3 Å². The summed E-state index contributed by atoms with van der Waals surface area (Å²) in [7, 11) is 0. The third kappa shape index (κ3) is 4.65. The van der Waals surface area contributed by atoms with Gasteiger partial charge in [0.05, 0.1) is 5.54 Å². The number of hydrogen-bond acceptors (Lipinski definition) is 4. The minimum Gasteiger partial charge on any atom is -0.691 e. The summed E-state index contributed by atoms with van der Waals surface area (Å²) in [6.45, 7) is 0. The van der Waals surface area contributed by atoms with Gasteiger partial charge in [-0.25, -0.2) is 4.79 Å². The molecule has 0 saturated heterocycles. The van der Waals surface area contributed by atoms with Gasteiger partial charge >= 0.3 is 5.91 Å². The van der Waals surface area contributed by atoms with Gasteiger partial charge in [-0.3, -0.25) is 5.32 Å². The van der Waals surface area contributed by atoms with Gasteiger partial charge in [0.2, 0.25) is 11.0 Å². The SMILES string of the molecule is O=C([C@H](Cc1ccccc1)NC(c1ccccc1)(c1ccccc1)c1ccccc1)n1n[n+]([O-])c2ccccc21. The van der Waals surface area contributed by atoms with Crippen LogP contribution in [0.1, 0.15) is 27.0 Å². The molecule has 6 nitrogen and oxygen atoms in total. The van der Waals surface area contributed by atoms with E-state index >= 15 is 0 Å². The predicted octanol–water partition coefficient (Wildman–Crippen LogP) is 5.50. The Bertz CT molecular complexity index is 1620. The summed E-state index contributed by atoms with van der Waals surface area (Å²) in [6, 6.07) is 46.6. The third-order valence-corrected chi connectivity index (χ3v) is 7.29. The van der Waals surface area contributed by atoms with Gasteiger partial charge in [-0.1, -0.05) is 138 Å². The fraction of sp³-hybridized carbons (Fsp3) is 0.0882. The molecule has 0 aliphatic rings. The van der Waals surface area contributed by atoms with Gasteiger partial charge < -0.3 is 5.21 Å². The minimum atomic E-state index is -0.880. The highest BCUT2D eigenvalue weighted by Gasteiger charge is 2.42. The lowest BCUT2D eigenvalue weighted by Gasteiger charge is -2.39. The number of para-hydroxylation sites is 2. The van der Waals surface area contributed by atoms with Crippen LogP contribution >= 0.6 is 0 Å². The Hall–Kier alpha value is -5.07. The monoisotopic (exact) mass is 524 g/mol. The molecule has 0 amide bonds. The molecule has 6 heteroatoms. The van der Waals surface area contributed by atoms with Crippen molar-refractivity contribution in [3.63, 3.8) is 0 Å². The first kappa shape index (κ1) is 25.2. The van der Waals surface area contributed by atoms with Crippen LogP contribution in [0.25, 0.3) is 11.0 Å². The van der Waals surface area contributed by atoms with Crippen molar-refractivity contribution >= 4 is 16.9 Å². The van der Waals surface area contributed by atoms with Crippen molar-refractivity contribution < 1.29 is 9.64 Å². The summed E-state index contributed by atoms with van der Waals surface area (Å²) in [6.07, 6.45) is 0.390. The Morgan fingerprint density at radius 3 is 1.68 bits per heavy atom. The van der Waals surface area contributed by atoms with Crippen molar-refractivity contribution in [2.24, 2.45) is 0 Å². The largest absolute Gasteiger partial charge is 0.691 e. The maximum Gasteiger partial charge on any atom is 0.352 e. The number of nitrogens with zero attached hydrogens (tertiary/aromatic N) is 3. The topological polar surface area (TPSA) is 73.9 Å². The summed E-state index contributed by atoms with van der Waals surface area (Å²) in [5.41, 5.74) is 3.88. The molecule has 0 fully saturated rings. The van der Waals surface area contributed by atoms with Crippen molar-refractivity contribution in [3.8, 4) is 0 Å². The Balaban J connectivity index is 1.56. The number of benzene rings is 5. The number of nitrogens with one attached hydrogen (secondary N) is 1. The van der Waals surface area contributed by atoms with Gasteiger partial charge in [0, 0.05) is 0 Å². The van der Waals surface area contributed by atoms with Crippen LogP contribution in [0.2, 0.25) is 0 Å². The van der Waals surface area contributed by atoms with E-state index in [9.17, 15) is 10.0 Å². The molecule has 40 heavy (non-hydrogen) atoms. The van der Waals surface area contributed by atoms with Crippen LogP contribution in [-0.4, -0.2) is 21.8 Å². The van der Waals surface area contributed by atoms with Crippen LogP contribution in [0.15, 0.2) is 146 Å². The zero-order valence-electron chi connectivity index (χ0n) is 21.8. The highest BCUT2D eigenvalue weighted by atomic mass is 16.5. The van der Waals surface area contributed by atoms with Crippen molar-refractivity contribution in [1.82, 2.24) is 15.2 Å². The Labute approximate surface area is 232 Å². The second kappa shape index (κ2) is 11.0. The zero-order valence-corrected chi connectivity index (χ0v) is 21.8. The summed E-state index contributed by atoms with van der Waals surface area (Å²) in [5, 5.41) is 20.6. The molecule has 0 spiro atoms. The number of rotatable bonds is 8. The number of aromatic nitrogens is 3. The van der Waals surface area contributed by atoms with Gasteiger partial charge in [0.15, 0.2) is 0 Å². The van der Waals surface area contributed by atoms with E-state index < -0.39 is 11.6 Å². The molecule has 0 unspecified atom stereocenters. The first-order valence-corrected chi connectivity index (χ1v) is 13.3. The summed E-state index contributed by atoms with van der Waals surface area (Å²) < 4.78 is 1.23. The smallest absolute Gasteiger partial charge is 0.352 e. The fourth-order valence-electron chi connectivity index (χ4n) is 5.42. The van der Waals surface area contributed by atoms with E-state index in [4.69, 9.17) is 0 Å². The number of carbonyl (C=O) groups is 1. The average molecular weight is 525 g/mol. The van der Waals surface area contributed by atoms with Crippen LogP contribution < -0.4 is 10.2 Å². The van der Waals surface area contributed by atoms with Crippen molar-refractivity contribution in [2.45, 2.75) is 18.0 Å². The molecule has 5 aromatic carbocycles. The lowest BCUT2D eigenvalue weighted by Crippen LogP contribution is -2.54. The van der Waals surface area contributed by atoms with E-state index in [-0.39, 0.29) is 5.91 Å². The van der Waals surface area contributed by atoms with Crippen molar-refractivity contribution in [3.05, 3.63) is 173 Å². The minimum absolute atomic E-state index is 0.318. The Kier molecular flexibility index (Phi) is 6.91. The summed E-state index contributed by atoms with van der Waals surface area (Å²) >= 11 is 0. The van der Waals surface area contributed by atoms with Crippen molar-refractivity contribution in [1.29, 1.82) is 0 Å². The third-order valence-electron chi connectivity index (χ3n) is 7.29. The van der Waals surface area contributed by atoms with Gasteiger partial charge in [-0.15, -0.1) is 4.85 Å². The van der Waals surface area contributed by atoms with E-state index in [0.29, 0.717) is 22.3 Å². The highest BCUT2D eigenvalue weighted by Crippen LogP contribution is 2.37. The van der Waals surface area contributed by atoms with Gasteiger partial charge in [-0.05, 0) is 40.8 Å². The molecule has 196 valence electrons. The second-order valence-electron chi connectivity index (χ2n) is 9.74. The Morgan fingerprint density at radius 2 is 1.15 bits per heavy atom. The second-order valence-corrected chi connectivity index (χ2v) is 9.74. The maximum atomic E-state index is 14.4. The normalized spacial score (nSPS) is 12.3. The van der Waals surface area contributed by atoms with Gasteiger partial charge in [0.25, 0.3) is 0 Å². The molecular formula is C34H28N4O2. The van der Waals surface area contributed by atoms with E-state index in [1.165, 1.54) is 4.68 Å². The van der Waals surface area contributed by atoms with Gasteiger partial charge in [0.1, 0.15) is 11.3 Å². The molecule has 1 atom stereocenters. The Morgan fingerprint density at radius 1 is 0.700 bits per heavy atom. The lowest BCUT2D eigenvalue weighted by atomic mass is 9.76.